The van der Waals surface area contributed by atoms with Gasteiger partial charge in [0.05, 0.1) is 5.56 Å². The number of primary amides is 1. The Balaban J connectivity index is 2.23. The zero-order valence-electron chi connectivity index (χ0n) is 10.7. The van der Waals surface area contributed by atoms with Crippen LogP contribution in [0.25, 0.3) is 0 Å². The summed E-state index contributed by atoms with van der Waals surface area (Å²) in [6.45, 7) is 0.397. The van der Waals surface area contributed by atoms with Gasteiger partial charge in [0.2, 0.25) is 0 Å². The molecule has 7 heteroatoms. The third-order valence-electron chi connectivity index (χ3n) is 3.19. The number of nitrogens with zero attached hydrogens (tertiary/aromatic N) is 1. The average Bonchev–Trinajstić information content (AvgIpc) is 2.38. The molecule has 0 aliphatic carbocycles. The normalized spacial score (nSPS) is 19.8. The molecule has 1 aliphatic rings. The molecule has 1 heterocycles. The average molecular weight is 288 g/mol. The quantitative estimate of drug-likeness (QED) is 0.909. The Kier molecular flexibility index (Phi) is 4.06. The first-order valence-electron chi connectivity index (χ1n) is 6.28. The van der Waals surface area contributed by atoms with E-state index in [4.69, 9.17) is 10.5 Å². The molecule has 1 aromatic carbocycles. The molecule has 1 aliphatic heterocycles. The van der Waals surface area contributed by atoms with Crippen LogP contribution in [-0.2, 0) is 6.18 Å². The largest absolute Gasteiger partial charge is 0.470 e. The Hall–Kier alpha value is -1.92. The van der Waals surface area contributed by atoms with Crippen molar-refractivity contribution < 1.29 is 22.7 Å². The third-order valence-corrected chi connectivity index (χ3v) is 3.19. The molecule has 4 nitrogen and oxygen atoms in total. The summed E-state index contributed by atoms with van der Waals surface area (Å²) < 4.78 is 44.0. The van der Waals surface area contributed by atoms with Gasteiger partial charge in [0.1, 0.15) is 5.75 Å². The van der Waals surface area contributed by atoms with E-state index in [0.717, 1.165) is 18.9 Å². The zero-order valence-corrected chi connectivity index (χ0v) is 10.7. The summed E-state index contributed by atoms with van der Waals surface area (Å²) >= 11 is 0. The minimum atomic E-state index is -4.50. The number of halogens is 3. The number of ether oxygens (including phenoxy) is 1. The first-order valence-corrected chi connectivity index (χ1v) is 6.28. The van der Waals surface area contributed by atoms with Crippen molar-refractivity contribution in [3.05, 3.63) is 29.8 Å². The number of para-hydroxylation sites is 1. The first-order chi connectivity index (χ1) is 9.39. The van der Waals surface area contributed by atoms with Crippen LogP contribution < -0.4 is 10.5 Å². The van der Waals surface area contributed by atoms with Crippen LogP contribution in [0.2, 0.25) is 0 Å². The standard InChI is InChI=1S/C13H15F3N2O2/c14-13(15,16)9-5-1-2-6-10(9)20-11-7-3-4-8-18(11)12(17)19/h1-2,5-6,11H,3-4,7-8H2,(H2,17,19). The number of nitrogens with two attached hydrogens (primary N) is 1. The Morgan fingerprint density at radius 1 is 1.30 bits per heavy atom. The monoisotopic (exact) mass is 288 g/mol. The lowest BCUT2D eigenvalue weighted by atomic mass is 10.1. The van der Waals surface area contributed by atoms with Crippen LogP contribution >= 0.6 is 0 Å². The highest BCUT2D eigenvalue weighted by Crippen LogP contribution is 2.37. The van der Waals surface area contributed by atoms with E-state index in [0.29, 0.717) is 13.0 Å². The summed E-state index contributed by atoms with van der Waals surface area (Å²) in [4.78, 5) is 12.5. The van der Waals surface area contributed by atoms with E-state index < -0.39 is 24.0 Å². The van der Waals surface area contributed by atoms with Crippen LogP contribution in [-0.4, -0.2) is 23.7 Å². The smallest absolute Gasteiger partial charge is 0.419 e. The number of benzene rings is 1. The molecule has 2 amide bonds. The van der Waals surface area contributed by atoms with Crippen LogP contribution in [0.3, 0.4) is 0 Å². The number of hydrogen-bond acceptors (Lipinski definition) is 2. The van der Waals surface area contributed by atoms with E-state index in [1.807, 2.05) is 0 Å². The molecular formula is C13H15F3N2O2. The summed E-state index contributed by atoms with van der Waals surface area (Å²) in [5, 5.41) is 0. The molecule has 0 aromatic heterocycles. The van der Waals surface area contributed by atoms with Gasteiger partial charge < -0.3 is 10.5 Å². The van der Waals surface area contributed by atoms with E-state index in [1.54, 1.807) is 0 Å². The number of hydrogen-bond donors (Lipinski definition) is 1. The van der Waals surface area contributed by atoms with Crippen LogP contribution in [0.5, 0.6) is 5.75 Å². The Morgan fingerprint density at radius 3 is 2.65 bits per heavy atom. The van der Waals surface area contributed by atoms with Crippen molar-refractivity contribution in [3.63, 3.8) is 0 Å². The van der Waals surface area contributed by atoms with E-state index in [1.165, 1.54) is 23.1 Å². The van der Waals surface area contributed by atoms with Crippen LogP contribution in [0.1, 0.15) is 24.8 Å². The molecule has 1 saturated heterocycles. The molecule has 0 bridgehead atoms. The Bertz CT molecular complexity index is 491. The summed E-state index contributed by atoms with van der Waals surface area (Å²) in [7, 11) is 0. The van der Waals surface area contributed by atoms with Gasteiger partial charge >= 0.3 is 12.2 Å². The number of rotatable bonds is 2. The van der Waals surface area contributed by atoms with E-state index in [2.05, 4.69) is 0 Å². The van der Waals surface area contributed by atoms with Crippen molar-refractivity contribution in [2.24, 2.45) is 5.73 Å². The van der Waals surface area contributed by atoms with Gasteiger partial charge in [-0.1, -0.05) is 12.1 Å². The van der Waals surface area contributed by atoms with E-state index >= 15 is 0 Å². The molecular weight excluding hydrogens is 273 g/mol. The predicted molar refractivity (Wildman–Crippen MR) is 66.0 cm³/mol. The number of likely N-dealkylation sites (tertiary alicyclic amines) is 1. The fourth-order valence-corrected chi connectivity index (χ4v) is 2.23. The number of urea groups is 1. The fourth-order valence-electron chi connectivity index (χ4n) is 2.23. The Labute approximate surface area is 114 Å². The van der Waals surface area contributed by atoms with Crippen molar-refractivity contribution in [1.82, 2.24) is 4.90 Å². The SMILES string of the molecule is NC(=O)N1CCCCC1Oc1ccccc1C(F)(F)F. The third kappa shape index (κ3) is 3.15. The highest BCUT2D eigenvalue weighted by Gasteiger charge is 2.36. The summed E-state index contributed by atoms with van der Waals surface area (Å²) in [6.07, 6.45) is -3.23. The molecule has 2 N–H and O–H groups in total. The van der Waals surface area contributed by atoms with Crippen molar-refractivity contribution in [2.75, 3.05) is 6.54 Å². The topological polar surface area (TPSA) is 55.6 Å². The van der Waals surface area contributed by atoms with Crippen molar-refractivity contribution in [3.8, 4) is 5.75 Å². The van der Waals surface area contributed by atoms with E-state index in [9.17, 15) is 18.0 Å². The molecule has 0 radical (unpaired) electrons. The maximum absolute atomic E-state index is 12.9. The second-order valence-corrected chi connectivity index (χ2v) is 4.59. The van der Waals surface area contributed by atoms with Crippen molar-refractivity contribution in [2.45, 2.75) is 31.7 Å². The summed E-state index contributed by atoms with van der Waals surface area (Å²) in [5.41, 5.74) is 4.37. The lowest BCUT2D eigenvalue weighted by molar-refractivity contribution is -0.140. The minimum Gasteiger partial charge on any atom is -0.470 e. The van der Waals surface area contributed by atoms with Crippen LogP contribution in [0, 0.1) is 0 Å². The molecule has 1 aromatic rings. The fraction of sp³-hybridized carbons (Fsp3) is 0.462. The van der Waals surface area contributed by atoms with Crippen molar-refractivity contribution in [1.29, 1.82) is 0 Å². The molecule has 0 spiro atoms. The number of carbonyl (C=O) groups is 1. The molecule has 1 unspecified atom stereocenters. The number of amides is 2. The van der Waals surface area contributed by atoms with Gasteiger partial charge in [-0.05, 0) is 25.0 Å². The van der Waals surface area contributed by atoms with Gasteiger partial charge in [-0.2, -0.15) is 13.2 Å². The molecule has 1 fully saturated rings. The van der Waals surface area contributed by atoms with Gasteiger partial charge in [-0.15, -0.1) is 0 Å². The number of piperidine rings is 1. The molecule has 0 saturated carbocycles. The molecule has 1 atom stereocenters. The van der Waals surface area contributed by atoms with Gasteiger partial charge in [0.15, 0.2) is 6.23 Å². The molecule has 20 heavy (non-hydrogen) atoms. The second-order valence-electron chi connectivity index (χ2n) is 4.59. The van der Waals surface area contributed by atoms with Gasteiger partial charge in [0.25, 0.3) is 0 Å². The highest BCUT2D eigenvalue weighted by molar-refractivity contribution is 5.72. The van der Waals surface area contributed by atoms with Gasteiger partial charge in [-0.25, -0.2) is 4.79 Å². The van der Waals surface area contributed by atoms with Gasteiger partial charge in [0, 0.05) is 13.0 Å². The lowest BCUT2D eigenvalue weighted by Crippen LogP contribution is -2.49. The zero-order chi connectivity index (χ0) is 14.8. The second kappa shape index (κ2) is 5.60. The minimum absolute atomic E-state index is 0.279. The predicted octanol–water partition coefficient (Wildman–Crippen LogP) is 2.97. The van der Waals surface area contributed by atoms with Crippen LogP contribution in [0.4, 0.5) is 18.0 Å². The van der Waals surface area contributed by atoms with Gasteiger partial charge in [-0.3, -0.25) is 4.90 Å². The maximum Gasteiger partial charge on any atom is 0.419 e. The van der Waals surface area contributed by atoms with Crippen molar-refractivity contribution >= 4 is 6.03 Å². The first kappa shape index (κ1) is 14.5. The summed E-state index contributed by atoms with van der Waals surface area (Å²) in [5.74, 6) is -0.279. The number of alkyl halides is 3. The molecule has 110 valence electrons. The number of carbonyl (C=O) groups excluding carboxylic acids is 1. The highest BCUT2D eigenvalue weighted by atomic mass is 19.4. The van der Waals surface area contributed by atoms with E-state index in [-0.39, 0.29) is 5.75 Å². The molecule has 2 rings (SSSR count). The maximum atomic E-state index is 12.9. The summed E-state index contributed by atoms with van der Waals surface area (Å²) in [6, 6.07) is 4.27. The Morgan fingerprint density at radius 2 is 2.00 bits per heavy atom. The lowest BCUT2D eigenvalue weighted by Gasteiger charge is -2.34. The van der Waals surface area contributed by atoms with Crippen LogP contribution in [0.15, 0.2) is 24.3 Å².